The molecule has 0 aliphatic carbocycles. The summed E-state index contributed by atoms with van der Waals surface area (Å²) < 4.78 is 0. The van der Waals surface area contributed by atoms with Crippen LogP contribution in [0.25, 0.3) is 0 Å². The zero-order valence-corrected chi connectivity index (χ0v) is 11.2. The average molecular weight is 235 g/mol. The van der Waals surface area contributed by atoms with E-state index in [1.165, 1.54) is 5.56 Å². The van der Waals surface area contributed by atoms with Crippen LogP contribution in [0.1, 0.15) is 38.7 Å². The topological polar surface area (TPSA) is 32.3 Å². The Bertz CT molecular complexity index is 306. The van der Waals surface area contributed by atoms with Gasteiger partial charge in [0, 0.05) is 25.1 Å². The number of benzene rings is 1. The fourth-order valence-electron chi connectivity index (χ4n) is 1.78. The lowest BCUT2D eigenvalue weighted by Crippen LogP contribution is -2.36. The summed E-state index contributed by atoms with van der Waals surface area (Å²) in [5, 5.41) is 12.8. The molecule has 1 aromatic rings. The maximum absolute atomic E-state index is 9.33. The van der Waals surface area contributed by atoms with Crippen molar-refractivity contribution in [2.75, 3.05) is 19.7 Å². The molecule has 0 fully saturated rings. The summed E-state index contributed by atoms with van der Waals surface area (Å²) in [7, 11) is 0. The first-order chi connectivity index (χ1) is 8.11. The van der Waals surface area contributed by atoms with E-state index in [0.29, 0.717) is 5.92 Å². The molecule has 0 aliphatic rings. The van der Waals surface area contributed by atoms with Crippen molar-refractivity contribution in [1.29, 1.82) is 0 Å². The number of aliphatic hydroxyl groups is 1. The van der Waals surface area contributed by atoms with Gasteiger partial charge in [0.25, 0.3) is 0 Å². The molecule has 0 amide bonds. The largest absolute Gasteiger partial charge is 0.396 e. The highest BCUT2D eigenvalue weighted by Crippen LogP contribution is 2.19. The summed E-state index contributed by atoms with van der Waals surface area (Å²) in [6.45, 7) is 8.54. The molecular formula is C15H25NO. The third-order valence-corrected chi connectivity index (χ3v) is 3.61. The van der Waals surface area contributed by atoms with E-state index in [1.807, 2.05) is 6.07 Å². The van der Waals surface area contributed by atoms with Crippen molar-refractivity contribution >= 4 is 0 Å². The Kier molecular flexibility index (Phi) is 5.66. The minimum absolute atomic E-state index is 0.0103. The van der Waals surface area contributed by atoms with Crippen LogP contribution < -0.4 is 5.32 Å². The Balaban J connectivity index is 2.37. The van der Waals surface area contributed by atoms with Gasteiger partial charge in [0.05, 0.1) is 0 Å². The van der Waals surface area contributed by atoms with E-state index in [0.717, 1.165) is 19.5 Å². The number of hydrogen-bond donors (Lipinski definition) is 2. The smallest absolute Gasteiger partial charge is 0.0496 e. The maximum Gasteiger partial charge on any atom is 0.0496 e. The molecule has 0 bridgehead atoms. The van der Waals surface area contributed by atoms with Gasteiger partial charge in [0.2, 0.25) is 0 Å². The average Bonchev–Trinajstić information content (AvgIpc) is 2.39. The summed E-state index contributed by atoms with van der Waals surface area (Å²) in [6.07, 6.45) is 0.996. The molecule has 1 aromatic carbocycles. The fraction of sp³-hybridized carbons (Fsp3) is 0.600. The molecule has 0 radical (unpaired) electrons. The van der Waals surface area contributed by atoms with Crippen molar-refractivity contribution in [2.45, 2.75) is 33.1 Å². The van der Waals surface area contributed by atoms with Gasteiger partial charge in [-0.2, -0.15) is 0 Å². The van der Waals surface area contributed by atoms with Gasteiger partial charge in [-0.25, -0.2) is 0 Å². The Morgan fingerprint density at radius 2 is 1.94 bits per heavy atom. The monoisotopic (exact) mass is 235 g/mol. The van der Waals surface area contributed by atoms with Gasteiger partial charge in [-0.05, 0) is 17.9 Å². The molecule has 0 aliphatic heterocycles. The third kappa shape index (κ3) is 4.49. The summed E-state index contributed by atoms with van der Waals surface area (Å²) in [5.41, 5.74) is 1.37. The number of nitrogens with one attached hydrogen (secondary N) is 1. The molecule has 0 saturated carbocycles. The normalized spacial score (nSPS) is 16.5. The van der Waals surface area contributed by atoms with Crippen LogP contribution in [-0.2, 0) is 0 Å². The molecule has 96 valence electrons. The lowest BCUT2D eigenvalue weighted by molar-refractivity contribution is 0.135. The third-order valence-electron chi connectivity index (χ3n) is 3.61. The van der Waals surface area contributed by atoms with E-state index >= 15 is 0 Å². The van der Waals surface area contributed by atoms with Crippen molar-refractivity contribution in [1.82, 2.24) is 5.32 Å². The van der Waals surface area contributed by atoms with Crippen molar-refractivity contribution in [2.24, 2.45) is 5.41 Å². The quantitative estimate of drug-likeness (QED) is 0.761. The molecule has 17 heavy (non-hydrogen) atoms. The molecule has 2 atom stereocenters. The lowest BCUT2D eigenvalue weighted by atomic mass is 9.88. The van der Waals surface area contributed by atoms with Crippen molar-refractivity contribution in [3.8, 4) is 0 Å². The van der Waals surface area contributed by atoms with Crippen LogP contribution in [0.2, 0.25) is 0 Å². The number of aliphatic hydroxyl groups excluding tert-OH is 1. The molecule has 2 unspecified atom stereocenters. The highest BCUT2D eigenvalue weighted by Gasteiger charge is 2.20. The van der Waals surface area contributed by atoms with Crippen LogP contribution >= 0.6 is 0 Å². The second kappa shape index (κ2) is 6.77. The minimum Gasteiger partial charge on any atom is -0.396 e. The van der Waals surface area contributed by atoms with E-state index in [4.69, 9.17) is 0 Å². The molecule has 1 rings (SSSR count). The predicted molar refractivity (Wildman–Crippen MR) is 73.2 cm³/mol. The van der Waals surface area contributed by atoms with Gasteiger partial charge in [0.15, 0.2) is 0 Å². The van der Waals surface area contributed by atoms with E-state index in [9.17, 15) is 5.11 Å². The Morgan fingerprint density at radius 1 is 1.29 bits per heavy atom. The standard InChI is InChI=1S/C15H25NO/c1-4-15(3,12-17)11-16-10-13(2)14-8-6-5-7-9-14/h5-9,13,16-17H,4,10-12H2,1-3H3. The molecule has 2 heteroatoms. The second-order valence-corrected chi connectivity index (χ2v) is 5.26. The first-order valence-corrected chi connectivity index (χ1v) is 6.48. The SMILES string of the molecule is CCC(C)(CO)CNCC(C)c1ccccc1. The molecular weight excluding hydrogens is 210 g/mol. The van der Waals surface area contributed by atoms with Crippen LogP contribution in [0.15, 0.2) is 30.3 Å². The second-order valence-electron chi connectivity index (χ2n) is 5.26. The highest BCUT2D eigenvalue weighted by atomic mass is 16.3. The van der Waals surface area contributed by atoms with Crippen LogP contribution in [0, 0.1) is 5.41 Å². The van der Waals surface area contributed by atoms with Gasteiger partial charge in [-0.15, -0.1) is 0 Å². The molecule has 0 saturated heterocycles. The van der Waals surface area contributed by atoms with E-state index in [1.54, 1.807) is 0 Å². The van der Waals surface area contributed by atoms with E-state index in [-0.39, 0.29) is 12.0 Å². The Morgan fingerprint density at radius 3 is 2.47 bits per heavy atom. The van der Waals surface area contributed by atoms with E-state index < -0.39 is 0 Å². The fourth-order valence-corrected chi connectivity index (χ4v) is 1.78. The van der Waals surface area contributed by atoms with Gasteiger partial charge in [0.1, 0.15) is 0 Å². The van der Waals surface area contributed by atoms with Crippen molar-refractivity contribution in [3.63, 3.8) is 0 Å². The maximum atomic E-state index is 9.33. The van der Waals surface area contributed by atoms with Gasteiger partial charge in [-0.1, -0.05) is 51.1 Å². The van der Waals surface area contributed by atoms with Crippen LogP contribution in [0.4, 0.5) is 0 Å². The van der Waals surface area contributed by atoms with Crippen LogP contribution in [0.3, 0.4) is 0 Å². The first-order valence-electron chi connectivity index (χ1n) is 6.48. The summed E-state index contributed by atoms with van der Waals surface area (Å²) in [4.78, 5) is 0. The van der Waals surface area contributed by atoms with E-state index in [2.05, 4.69) is 50.4 Å². The van der Waals surface area contributed by atoms with Gasteiger partial charge in [-0.3, -0.25) is 0 Å². The molecule has 0 heterocycles. The predicted octanol–water partition coefficient (Wildman–Crippen LogP) is 2.79. The molecule has 0 aromatic heterocycles. The first kappa shape index (κ1) is 14.2. The van der Waals surface area contributed by atoms with Crippen molar-refractivity contribution in [3.05, 3.63) is 35.9 Å². The summed E-state index contributed by atoms with van der Waals surface area (Å²) in [5.74, 6) is 0.510. The minimum atomic E-state index is 0.0103. The molecule has 0 spiro atoms. The lowest BCUT2D eigenvalue weighted by Gasteiger charge is -2.26. The Hall–Kier alpha value is -0.860. The number of rotatable bonds is 7. The van der Waals surface area contributed by atoms with Crippen LogP contribution in [-0.4, -0.2) is 24.8 Å². The Labute approximate surface area is 105 Å². The van der Waals surface area contributed by atoms with Crippen molar-refractivity contribution < 1.29 is 5.11 Å². The number of hydrogen-bond acceptors (Lipinski definition) is 2. The zero-order chi connectivity index (χ0) is 12.7. The highest BCUT2D eigenvalue weighted by molar-refractivity contribution is 5.18. The molecule has 2 nitrogen and oxygen atoms in total. The molecule has 2 N–H and O–H groups in total. The van der Waals surface area contributed by atoms with Crippen LogP contribution in [0.5, 0.6) is 0 Å². The summed E-state index contributed by atoms with van der Waals surface area (Å²) >= 11 is 0. The summed E-state index contributed by atoms with van der Waals surface area (Å²) in [6, 6.07) is 10.5. The van der Waals surface area contributed by atoms with Gasteiger partial charge >= 0.3 is 0 Å². The zero-order valence-electron chi connectivity index (χ0n) is 11.2. The van der Waals surface area contributed by atoms with Gasteiger partial charge < -0.3 is 10.4 Å².